The number of nitrogens with zero attached hydrogens (tertiary/aromatic N) is 1. The fraction of sp³-hybridized carbons (Fsp3) is 0.200. The van der Waals surface area contributed by atoms with E-state index >= 15 is 0 Å². The molecule has 4 nitrogen and oxygen atoms in total. The van der Waals surface area contributed by atoms with E-state index in [1.54, 1.807) is 0 Å². The minimum Gasteiger partial charge on any atom is -0.481 e. The van der Waals surface area contributed by atoms with Crippen molar-refractivity contribution in [2.45, 2.75) is 25.7 Å². The van der Waals surface area contributed by atoms with E-state index in [0.717, 1.165) is 47.1 Å². The summed E-state index contributed by atoms with van der Waals surface area (Å²) in [4.78, 5) is 15.6. The lowest BCUT2D eigenvalue weighted by atomic mass is 10.1. The number of aromatic nitrogens is 1. The maximum absolute atomic E-state index is 10.8. The Balaban J connectivity index is 1.73. The molecule has 1 aromatic heterocycles. The van der Waals surface area contributed by atoms with Crippen molar-refractivity contribution in [2.24, 2.45) is 0 Å². The number of pyridine rings is 1. The largest absolute Gasteiger partial charge is 0.481 e. The fourth-order valence-corrected chi connectivity index (χ4v) is 3.38. The highest BCUT2D eigenvalue weighted by Crippen LogP contribution is 2.35. The van der Waals surface area contributed by atoms with Crippen LogP contribution in [-0.4, -0.2) is 16.1 Å². The molecule has 120 valence electrons. The Morgan fingerprint density at radius 3 is 2.67 bits per heavy atom. The van der Waals surface area contributed by atoms with Crippen LogP contribution >= 0.6 is 0 Å². The van der Waals surface area contributed by atoms with Gasteiger partial charge >= 0.3 is 5.97 Å². The number of hydrogen-bond donors (Lipinski definition) is 2. The van der Waals surface area contributed by atoms with Crippen molar-refractivity contribution in [3.05, 3.63) is 65.4 Å². The summed E-state index contributed by atoms with van der Waals surface area (Å²) in [5.41, 5.74) is 6.43. The van der Waals surface area contributed by atoms with E-state index in [-0.39, 0.29) is 6.42 Å². The van der Waals surface area contributed by atoms with E-state index in [4.69, 9.17) is 10.1 Å². The third kappa shape index (κ3) is 2.71. The molecule has 1 aliphatic rings. The highest BCUT2D eigenvalue weighted by atomic mass is 16.4. The summed E-state index contributed by atoms with van der Waals surface area (Å²) in [5.74, 6) is -0.811. The average Bonchev–Trinajstić information content (AvgIpc) is 3.04. The van der Waals surface area contributed by atoms with Crippen molar-refractivity contribution in [1.82, 2.24) is 4.98 Å². The number of aryl methyl sites for hydroxylation is 1. The fourth-order valence-electron chi connectivity index (χ4n) is 3.38. The van der Waals surface area contributed by atoms with Crippen LogP contribution in [0.2, 0.25) is 0 Å². The molecule has 4 rings (SSSR count). The van der Waals surface area contributed by atoms with Gasteiger partial charge in [0.25, 0.3) is 0 Å². The molecule has 1 aliphatic carbocycles. The van der Waals surface area contributed by atoms with Crippen molar-refractivity contribution >= 4 is 28.2 Å². The standard InChI is InChI=1S/C20H18N2O2/c23-19(24)12-13-8-10-14(11-9-13)21-20-15-4-1-2-6-17(15)22-18-7-3-5-16(18)20/h1-2,4,6,8-11H,3,5,7,12H2,(H,21,22)(H,23,24). The SMILES string of the molecule is O=C(O)Cc1ccc(Nc2c3c(nc4ccccc24)CCC3)cc1. The number of nitrogens with one attached hydrogen (secondary N) is 1. The second kappa shape index (κ2) is 5.96. The third-order valence-electron chi connectivity index (χ3n) is 4.50. The number of benzene rings is 2. The smallest absolute Gasteiger partial charge is 0.307 e. The van der Waals surface area contributed by atoms with E-state index in [2.05, 4.69) is 17.4 Å². The van der Waals surface area contributed by atoms with Gasteiger partial charge in [0, 0.05) is 16.8 Å². The topological polar surface area (TPSA) is 62.2 Å². The molecule has 0 bridgehead atoms. The van der Waals surface area contributed by atoms with E-state index in [9.17, 15) is 4.79 Å². The van der Waals surface area contributed by atoms with Crippen molar-refractivity contribution in [2.75, 3.05) is 5.32 Å². The summed E-state index contributed by atoms with van der Waals surface area (Å²) in [6, 6.07) is 15.8. The second-order valence-corrected chi connectivity index (χ2v) is 6.18. The molecule has 0 radical (unpaired) electrons. The molecule has 0 fully saturated rings. The normalized spacial score (nSPS) is 13.0. The summed E-state index contributed by atoms with van der Waals surface area (Å²) < 4.78 is 0. The second-order valence-electron chi connectivity index (χ2n) is 6.18. The quantitative estimate of drug-likeness (QED) is 0.760. The Labute approximate surface area is 140 Å². The molecule has 3 aromatic rings. The van der Waals surface area contributed by atoms with Gasteiger partial charge in [-0.05, 0) is 48.6 Å². The minimum absolute atomic E-state index is 0.0495. The number of aliphatic carboxylic acids is 1. The molecule has 0 atom stereocenters. The lowest BCUT2D eigenvalue weighted by molar-refractivity contribution is -0.136. The van der Waals surface area contributed by atoms with Crippen molar-refractivity contribution < 1.29 is 9.90 Å². The molecule has 24 heavy (non-hydrogen) atoms. The maximum Gasteiger partial charge on any atom is 0.307 e. The number of anilines is 2. The van der Waals surface area contributed by atoms with Crippen LogP contribution in [0.15, 0.2) is 48.5 Å². The molecule has 1 heterocycles. The molecule has 2 aromatic carbocycles. The van der Waals surface area contributed by atoms with Crippen molar-refractivity contribution in [3.8, 4) is 0 Å². The molecule has 0 saturated carbocycles. The number of fused-ring (bicyclic) bond motifs is 2. The van der Waals surface area contributed by atoms with Crippen molar-refractivity contribution in [3.63, 3.8) is 0 Å². The lowest BCUT2D eigenvalue weighted by Crippen LogP contribution is -2.01. The predicted octanol–water partition coefficient (Wildman–Crippen LogP) is 4.09. The van der Waals surface area contributed by atoms with Gasteiger partial charge in [0.15, 0.2) is 0 Å². The lowest BCUT2D eigenvalue weighted by Gasteiger charge is -2.15. The first-order valence-corrected chi connectivity index (χ1v) is 8.19. The molecular formula is C20H18N2O2. The number of carbonyl (C=O) groups is 1. The number of para-hydroxylation sites is 1. The predicted molar refractivity (Wildman–Crippen MR) is 94.8 cm³/mol. The first-order chi connectivity index (χ1) is 11.7. The zero-order valence-electron chi connectivity index (χ0n) is 13.2. The Morgan fingerprint density at radius 2 is 1.88 bits per heavy atom. The van der Waals surface area contributed by atoms with Gasteiger partial charge in [0.2, 0.25) is 0 Å². The number of carboxylic acids is 1. The zero-order valence-corrected chi connectivity index (χ0v) is 13.2. The summed E-state index contributed by atoms with van der Waals surface area (Å²) in [6.07, 6.45) is 3.28. The van der Waals surface area contributed by atoms with Gasteiger partial charge in [-0.25, -0.2) is 0 Å². The molecule has 2 N–H and O–H groups in total. The van der Waals surface area contributed by atoms with Crippen molar-refractivity contribution in [1.29, 1.82) is 0 Å². The molecule has 0 saturated heterocycles. The van der Waals surface area contributed by atoms with Crippen LogP contribution in [0.4, 0.5) is 11.4 Å². The molecule has 0 aliphatic heterocycles. The van der Waals surface area contributed by atoms with E-state index in [1.807, 2.05) is 36.4 Å². The van der Waals surface area contributed by atoms with Gasteiger partial charge in [-0.3, -0.25) is 9.78 Å². The van der Waals surface area contributed by atoms with Crippen LogP contribution in [0.3, 0.4) is 0 Å². The van der Waals surface area contributed by atoms with Crippen LogP contribution in [0, 0.1) is 0 Å². The molecular weight excluding hydrogens is 300 g/mol. The molecule has 0 unspecified atom stereocenters. The Kier molecular flexibility index (Phi) is 3.65. The molecule has 0 amide bonds. The van der Waals surface area contributed by atoms with Gasteiger partial charge in [0.1, 0.15) is 0 Å². The van der Waals surface area contributed by atoms with Crippen LogP contribution in [0.5, 0.6) is 0 Å². The highest BCUT2D eigenvalue weighted by molar-refractivity contribution is 5.95. The monoisotopic (exact) mass is 318 g/mol. The van der Waals surface area contributed by atoms with Crippen LogP contribution < -0.4 is 5.32 Å². The summed E-state index contributed by atoms with van der Waals surface area (Å²) in [6.45, 7) is 0. The summed E-state index contributed by atoms with van der Waals surface area (Å²) in [7, 11) is 0. The number of hydrogen-bond acceptors (Lipinski definition) is 3. The van der Waals surface area contributed by atoms with E-state index in [1.165, 1.54) is 11.3 Å². The van der Waals surface area contributed by atoms with E-state index in [0.29, 0.717) is 0 Å². The first kappa shape index (κ1) is 14.7. The minimum atomic E-state index is -0.811. The van der Waals surface area contributed by atoms with Gasteiger partial charge in [-0.1, -0.05) is 30.3 Å². The van der Waals surface area contributed by atoms with E-state index < -0.39 is 5.97 Å². The molecule has 0 spiro atoms. The first-order valence-electron chi connectivity index (χ1n) is 8.19. The summed E-state index contributed by atoms with van der Waals surface area (Å²) in [5, 5.41) is 13.5. The van der Waals surface area contributed by atoms with Crippen LogP contribution in [0.25, 0.3) is 10.9 Å². The molecule has 4 heteroatoms. The van der Waals surface area contributed by atoms with Gasteiger partial charge in [-0.2, -0.15) is 0 Å². The summed E-state index contributed by atoms with van der Waals surface area (Å²) >= 11 is 0. The van der Waals surface area contributed by atoms with Gasteiger partial charge < -0.3 is 10.4 Å². The number of carboxylic acid groups (broad SMARTS) is 1. The van der Waals surface area contributed by atoms with Gasteiger partial charge in [0.05, 0.1) is 17.6 Å². The number of rotatable bonds is 4. The average molecular weight is 318 g/mol. The van der Waals surface area contributed by atoms with Crippen LogP contribution in [0.1, 0.15) is 23.2 Å². The Bertz CT molecular complexity index is 917. The zero-order chi connectivity index (χ0) is 16.5. The third-order valence-corrected chi connectivity index (χ3v) is 4.50. The Morgan fingerprint density at radius 1 is 1.08 bits per heavy atom. The Hall–Kier alpha value is -2.88. The van der Waals surface area contributed by atoms with Gasteiger partial charge in [-0.15, -0.1) is 0 Å². The van der Waals surface area contributed by atoms with Crippen LogP contribution in [-0.2, 0) is 24.1 Å². The highest BCUT2D eigenvalue weighted by Gasteiger charge is 2.19. The maximum atomic E-state index is 10.8.